The molecule has 2 rings (SSSR count). The predicted molar refractivity (Wildman–Crippen MR) is 75.1 cm³/mol. The molecular weight excluding hydrogens is 243 g/mol. The Morgan fingerprint density at radius 3 is 2.05 bits per heavy atom. The second-order valence-corrected chi connectivity index (χ2v) is 4.96. The number of aliphatic hydroxyl groups excluding tert-OH is 1. The Bertz CT molecular complexity index is 378. The SMILES string of the molecule is OCCN1CCN(Cc2ccc(B(O)O)cc2)CC1. The highest BCUT2D eigenvalue weighted by molar-refractivity contribution is 6.58. The lowest BCUT2D eigenvalue weighted by Gasteiger charge is -2.34. The van der Waals surface area contributed by atoms with Crippen molar-refractivity contribution in [2.45, 2.75) is 6.54 Å². The van der Waals surface area contributed by atoms with Crippen LogP contribution in [0, 0.1) is 0 Å². The Hall–Kier alpha value is -0.915. The molecule has 1 aliphatic rings. The van der Waals surface area contributed by atoms with E-state index in [4.69, 9.17) is 15.2 Å². The molecule has 0 amide bonds. The fraction of sp³-hybridized carbons (Fsp3) is 0.538. The number of hydrogen-bond donors (Lipinski definition) is 3. The predicted octanol–water partition coefficient (Wildman–Crippen LogP) is -1.52. The Kier molecular flexibility index (Phi) is 5.36. The summed E-state index contributed by atoms with van der Waals surface area (Å²) in [6.45, 7) is 5.87. The van der Waals surface area contributed by atoms with Crippen LogP contribution in [0.3, 0.4) is 0 Å². The van der Waals surface area contributed by atoms with Crippen molar-refractivity contribution in [3.8, 4) is 0 Å². The van der Waals surface area contributed by atoms with Gasteiger partial charge in [-0.3, -0.25) is 9.80 Å². The molecule has 6 heteroatoms. The van der Waals surface area contributed by atoms with Gasteiger partial charge in [0, 0.05) is 39.3 Å². The lowest BCUT2D eigenvalue weighted by molar-refractivity contribution is 0.108. The van der Waals surface area contributed by atoms with E-state index in [1.807, 2.05) is 12.1 Å². The second kappa shape index (κ2) is 7.02. The average molecular weight is 264 g/mol. The van der Waals surface area contributed by atoms with Crippen molar-refractivity contribution in [3.63, 3.8) is 0 Å². The number of β-amino-alcohol motifs (C(OH)–C–C–N with tert-alkyl or cyclic N) is 1. The minimum absolute atomic E-state index is 0.227. The van der Waals surface area contributed by atoms with E-state index in [1.165, 1.54) is 5.56 Å². The third-order valence-corrected chi connectivity index (χ3v) is 3.57. The molecule has 0 saturated carbocycles. The molecule has 1 aliphatic heterocycles. The first kappa shape index (κ1) is 14.5. The van der Waals surface area contributed by atoms with Gasteiger partial charge in [-0.25, -0.2) is 0 Å². The molecule has 1 fully saturated rings. The molecule has 3 N–H and O–H groups in total. The molecule has 0 unspecified atom stereocenters. The van der Waals surface area contributed by atoms with Crippen molar-refractivity contribution in [1.82, 2.24) is 9.80 Å². The Balaban J connectivity index is 1.82. The zero-order valence-electron chi connectivity index (χ0n) is 11.1. The Morgan fingerprint density at radius 1 is 0.947 bits per heavy atom. The summed E-state index contributed by atoms with van der Waals surface area (Å²) >= 11 is 0. The highest BCUT2D eigenvalue weighted by atomic mass is 16.4. The van der Waals surface area contributed by atoms with Crippen LogP contribution in [0.15, 0.2) is 24.3 Å². The summed E-state index contributed by atoms with van der Waals surface area (Å²) in [6.07, 6.45) is 0. The molecule has 1 saturated heterocycles. The third-order valence-electron chi connectivity index (χ3n) is 3.57. The van der Waals surface area contributed by atoms with Gasteiger partial charge in [-0.05, 0) is 11.0 Å². The van der Waals surface area contributed by atoms with Gasteiger partial charge in [0.2, 0.25) is 0 Å². The quantitative estimate of drug-likeness (QED) is 0.563. The van der Waals surface area contributed by atoms with Gasteiger partial charge >= 0.3 is 7.12 Å². The van der Waals surface area contributed by atoms with Crippen LogP contribution in [0.25, 0.3) is 0 Å². The van der Waals surface area contributed by atoms with Crippen LogP contribution in [-0.4, -0.2) is 71.4 Å². The summed E-state index contributed by atoms with van der Waals surface area (Å²) in [5.41, 5.74) is 1.71. The maximum Gasteiger partial charge on any atom is 0.488 e. The van der Waals surface area contributed by atoms with Crippen LogP contribution in [0.5, 0.6) is 0 Å². The molecule has 0 atom stereocenters. The molecule has 0 aromatic heterocycles. The van der Waals surface area contributed by atoms with Gasteiger partial charge in [0.1, 0.15) is 0 Å². The molecule has 1 heterocycles. The van der Waals surface area contributed by atoms with Gasteiger partial charge in [-0.2, -0.15) is 0 Å². The van der Waals surface area contributed by atoms with Crippen molar-refractivity contribution < 1.29 is 15.2 Å². The van der Waals surface area contributed by atoms with Gasteiger partial charge in [-0.15, -0.1) is 0 Å². The largest absolute Gasteiger partial charge is 0.488 e. The average Bonchev–Trinajstić information content (AvgIpc) is 2.42. The minimum atomic E-state index is -1.39. The van der Waals surface area contributed by atoms with Gasteiger partial charge in [0.05, 0.1) is 6.61 Å². The topological polar surface area (TPSA) is 67.2 Å². The summed E-state index contributed by atoms with van der Waals surface area (Å²) in [4.78, 5) is 4.64. The summed E-state index contributed by atoms with van der Waals surface area (Å²) in [7, 11) is -1.39. The molecule has 19 heavy (non-hydrogen) atoms. The lowest BCUT2D eigenvalue weighted by Crippen LogP contribution is -2.46. The van der Waals surface area contributed by atoms with Crippen molar-refractivity contribution >= 4 is 12.6 Å². The van der Waals surface area contributed by atoms with Gasteiger partial charge in [0.15, 0.2) is 0 Å². The van der Waals surface area contributed by atoms with Crippen LogP contribution in [-0.2, 0) is 6.54 Å². The summed E-state index contributed by atoms with van der Waals surface area (Å²) in [5, 5.41) is 27.0. The zero-order valence-corrected chi connectivity index (χ0v) is 11.1. The number of benzene rings is 1. The van der Waals surface area contributed by atoms with E-state index in [2.05, 4.69) is 9.80 Å². The number of hydrogen-bond acceptors (Lipinski definition) is 5. The fourth-order valence-corrected chi connectivity index (χ4v) is 2.37. The maximum absolute atomic E-state index is 9.03. The highest BCUT2D eigenvalue weighted by Crippen LogP contribution is 2.07. The lowest BCUT2D eigenvalue weighted by atomic mass is 9.80. The fourth-order valence-electron chi connectivity index (χ4n) is 2.37. The van der Waals surface area contributed by atoms with E-state index in [-0.39, 0.29) is 6.61 Å². The summed E-state index contributed by atoms with van der Waals surface area (Å²) in [5.74, 6) is 0. The standard InChI is InChI=1S/C13H21BN2O3/c17-10-9-15-5-7-16(8-6-15)11-12-1-3-13(4-2-12)14(18)19/h1-4,17-19H,5-11H2. The van der Waals surface area contributed by atoms with Gasteiger partial charge in [0.25, 0.3) is 0 Å². The van der Waals surface area contributed by atoms with Crippen LogP contribution in [0.1, 0.15) is 5.56 Å². The number of piperazine rings is 1. The van der Waals surface area contributed by atoms with Crippen LogP contribution in [0.2, 0.25) is 0 Å². The van der Waals surface area contributed by atoms with Crippen molar-refractivity contribution in [2.75, 3.05) is 39.3 Å². The molecule has 0 spiro atoms. The molecule has 0 bridgehead atoms. The molecule has 1 aromatic rings. The van der Waals surface area contributed by atoms with E-state index in [0.717, 1.165) is 39.3 Å². The molecule has 0 aliphatic carbocycles. The first-order chi connectivity index (χ1) is 9.19. The Morgan fingerprint density at radius 2 is 1.53 bits per heavy atom. The number of rotatable bonds is 5. The summed E-state index contributed by atoms with van der Waals surface area (Å²) < 4.78 is 0. The zero-order chi connectivity index (χ0) is 13.7. The van der Waals surface area contributed by atoms with E-state index in [0.29, 0.717) is 5.46 Å². The van der Waals surface area contributed by atoms with Crippen molar-refractivity contribution in [1.29, 1.82) is 0 Å². The second-order valence-electron chi connectivity index (χ2n) is 4.96. The maximum atomic E-state index is 9.03. The van der Waals surface area contributed by atoms with Gasteiger partial charge < -0.3 is 15.2 Å². The van der Waals surface area contributed by atoms with E-state index < -0.39 is 7.12 Å². The smallest absolute Gasteiger partial charge is 0.423 e. The molecular formula is C13H21BN2O3. The summed E-state index contributed by atoms with van der Waals surface area (Å²) in [6, 6.07) is 7.38. The minimum Gasteiger partial charge on any atom is -0.423 e. The van der Waals surface area contributed by atoms with Crippen LogP contribution in [0.4, 0.5) is 0 Å². The molecule has 104 valence electrons. The third kappa shape index (κ3) is 4.30. The highest BCUT2D eigenvalue weighted by Gasteiger charge is 2.16. The van der Waals surface area contributed by atoms with E-state index in [9.17, 15) is 0 Å². The van der Waals surface area contributed by atoms with E-state index >= 15 is 0 Å². The van der Waals surface area contributed by atoms with Crippen LogP contribution >= 0.6 is 0 Å². The van der Waals surface area contributed by atoms with E-state index in [1.54, 1.807) is 12.1 Å². The monoisotopic (exact) mass is 264 g/mol. The van der Waals surface area contributed by atoms with Crippen molar-refractivity contribution in [3.05, 3.63) is 29.8 Å². The number of nitrogens with zero attached hydrogens (tertiary/aromatic N) is 2. The number of aliphatic hydroxyl groups is 1. The van der Waals surface area contributed by atoms with Crippen LogP contribution < -0.4 is 5.46 Å². The first-order valence-corrected chi connectivity index (χ1v) is 6.69. The molecule has 5 nitrogen and oxygen atoms in total. The van der Waals surface area contributed by atoms with Crippen molar-refractivity contribution in [2.24, 2.45) is 0 Å². The van der Waals surface area contributed by atoms with Gasteiger partial charge in [-0.1, -0.05) is 24.3 Å². The normalized spacial score (nSPS) is 17.6. The molecule has 1 aromatic carbocycles. The Labute approximate surface area is 114 Å². The molecule has 0 radical (unpaired) electrons. The first-order valence-electron chi connectivity index (χ1n) is 6.69.